The number of hydrogen-bond donors (Lipinski definition) is 3. The van der Waals surface area contributed by atoms with E-state index in [2.05, 4.69) is 20.6 Å². The number of nitrogens with one attached hydrogen (secondary N) is 3. The lowest BCUT2D eigenvalue weighted by molar-refractivity contribution is 0.251. The molecule has 0 saturated heterocycles. The van der Waals surface area contributed by atoms with Crippen molar-refractivity contribution in [1.29, 1.82) is 0 Å². The van der Waals surface area contributed by atoms with E-state index in [1.54, 1.807) is 12.3 Å². The van der Waals surface area contributed by atoms with E-state index in [0.717, 1.165) is 12.1 Å². The summed E-state index contributed by atoms with van der Waals surface area (Å²) in [7, 11) is 0. The van der Waals surface area contributed by atoms with E-state index < -0.39 is 17.7 Å². The van der Waals surface area contributed by atoms with Crippen LogP contribution in [0, 0.1) is 17.5 Å². The number of aromatic nitrogens is 2. The van der Waals surface area contributed by atoms with Gasteiger partial charge in [0.25, 0.3) is 0 Å². The summed E-state index contributed by atoms with van der Waals surface area (Å²) in [6.07, 6.45) is 3.02. The molecule has 9 heteroatoms. The summed E-state index contributed by atoms with van der Waals surface area (Å²) in [6.45, 7) is 0.116. The van der Waals surface area contributed by atoms with Crippen molar-refractivity contribution in [2.45, 2.75) is 13.0 Å². The zero-order valence-electron chi connectivity index (χ0n) is 16.0. The second-order valence-electron chi connectivity index (χ2n) is 6.86. The first-order valence-corrected chi connectivity index (χ1v) is 9.66. The van der Waals surface area contributed by atoms with E-state index >= 15 is 0 Å². The molecule has 0 radical (unpaired) electrons. The molecule has 2 amide bonds. The topological polar surface area (TPSA) is 69.8 Å². The molecule has 5 nitrogen and oxygen atoms in total. The number of carbonyl (C=O) groups excluding carboxylic acids is 1. The van der Waals surface area contributed by atoms with Crippen molar-refractivity contribution < 1.29 is 18.0 Å². The van der Waals surface area contributed by atoms with E-state index in [0.29, 0.717) is 27.2 Å². The second kappa shape index (κ2) is 8.69. The maximum Gasteiger partial charge on any atom is 0.319 e. The number of anilines is 1. The minimum absolute atomic E-state index is 0.0631. The highest BCUT2D eigenvalue weighted by atomic mass is 35.5. The third-order valence-electron chi connectivity index (χ3n) is 4.75. The molecule has 158 valence electrons. The van der Waals surface area contributed by atoms with Crippen molar-refractivity contribution in [2.24, 2.45) is 0 Å². The molecular weight excluding hydrogens is 429 g/mol. The number of aromatic amines is 1. The molecule has 0 aliphatic rings. The van der Waals surface area contributed by atoms with Gasteiger partial charge in [-0.1, -0.05) is 23.7 Å². The molecule has 0 aliphatic carbocycles. The van der Waals surface area contributed by atoms with Crippen molar-refractivity contribution in [1.82, 2.24) is 15.3 Å². The standard InChI is InChI=1S/C22H16ClF3N4O/c23-14-8-16-13(10-27-21(16)28-11-14)7-17-18(25)5-6-19(20(17)26)30-22(31)29-9-12-1-3-15(24)4-2-12/h1-6,8,10-11H,7,9H2,(H,27,28)(H2,29,30,31). The highest BCUT2D eigenvalue weighted by molar-refractivity contribution is 6.31. The number of benzene rings is 2. The quantitative estimate of drug-likeness (QED) is 0.378. The Morgan fingerprint density at radius 3 is 2.65 bits per heavy atom. The molecule has 0 aliphatic heterocycles. The van der Waals surface area contributed by atoms with Crippen LogP contribution in [-0.2, 0) is 13.0 Å². The number of rotatable bonds is 5. The minimum Gasteiger partial charge on any atom is -0.346 e. The fourth-order valence-corrected chi connectivity index (χ4v) is 3.33. The predicted molar refractivity (Wildman–Crippen MR) is 113 cm³/mol. The van der Waals surface area contributed by atoms with Gasteiger partial charge < -0.3 is 15.6 Å². The van der Waals surface area contributed by atoms with Gasteiger partial charge in [0, 0.05) is 36.3 Å². The molecular formula is C22H16ClF3N4O. The van der Waals surface area contributed by atoms with Crippen LogP contribution in [0.5, 0.6) is 0 Å². The number of nitrogens with zero attached hydrogens (tertiary/aromatic N) is 1. The Hall–Kier alpha value is -3.52. The summed E-state index contributed by atoms with van der Waals surface area (Å²) in [4.78, 5) is 19.2. The Labute approximate surface area is 180 Å². The van der Waals surface area contributed by atoms with Gasteiger partial charge in [-0.05, 0) is 41.5 Å². The van der Waals surface area contributed by atoms with E-state index in [-0.39, 0.29) is 30.0 Å². The van der Waals surface area contributed by atoms with E-state index in [9.17, 15) is 18.0 Å². The molecule has 4 aromatic rings. The summed E-state index contributed by atoms with van der Waals surface area (Å²) in [5, 5.41) is 5.98. The Balaban J connectivity index is 1.51. The maximum atomic E-state index is 15.0. The van der Waals surface area contributed by atoms with E-state index in [1.807, 2.05) is 0 Å². The maximum absolute atomic E-state index is 15.0. The van der Waals surface area contributed by atoms with Crippen LogP contribution in [-0.4, -0.2) is 16.0 Å². The number of hydrogen-bond acceptors (Lipinski definition) is 2. The Morgan fingerprint density at radius 1 is 1.10 bits per heavy atom. The lowest BCUT2D eigenvalue weighted by atomic mass is 10.0. The van der Waals surface area contributed by atoms with Crippen LogP contribution in [0.15, 0.2) is 54.9 Å². The van der Waals surface area contributed by atoms with E-state index in [4.69, 9.17) is 11.6 Å². The van der Waals surface area contributed by atoms with Gasteiger partial charge in [-0.3, -0.25) is 0 Å². The molecule has 3 N–H and O–H groups in total. The Kier molecular flexibility index (Phi) is 5.81. The van der Waals surface area contributed by atoms with Crippen LogP contribution in [0.1, 0.15) is 16.7 Å². The fourth-order valence-electron chi connectivity index (χ4n) is 3.18. The van der Waals surface area contributed by atoms with Crippen molar-refractivity contribution in [3.05, 3.63) is 94.0 Å². The van der Waals surface area contributed by atoms with Crippen LogP contribution < -0.4 is 10.6 Å². The van der Waals surface area contributed by atoms with Gasteiger partial charge in [0.2, 0.25) is 0 Å². The van der Waals surface area contributed by atoms with Gasteiger partial charge in [0.15, 0.2) is 5.82 Å². The van der Waals surface area contributed by atoms with Crippen LogP contribution in [0.25, 0.3) is 11.0 Å². The van der Waals surface area contributed by atoms with Crippen molar-refractivity contribution in [3.8, 4) is 0 Å². The number of carbonyl (C=O) groups is 1. The first-order chi connectivity index (χ1) is 14.9. The fraction of sp³-hybridized carbons (Fsp3) is 0.0909. The van der Waals surface area contributed by atoms with Gasteiger partial charge in [-0.15, -0.1) is 0 Å². The number of halogens is 4. The monoisotopic (exact) mass is 444 g/mol. The predicted octanol–water partition coefficient (Wildman–Crippen LogP) is 5.55. The summed E-state index contributed by atoms with van der Waals surface area (Å²) in [6, 6.07) is 8.82. The average Bonchev–Trinajstić information content (AvgIpc) is 3.14. The largest absolute Gasteiger partial charge is 0.346 e. The second-order valence-corrected chi connectivity index (χ2v) is 7.30. The van der Waals surface area contributed by atoms with Gasteiger partial charge >= 0.3 is 6.03 Å². The third-order valence-corrected chi connectivity index (χ3v) is 4.96. The summed E-state index contributed by atoms with van der Waals surface area (Å²) < 4.78 is 42.3. The first-order valence-electron chi connectivity index (χ1n) is 9.28. The number of H-pyrrole nitrogens is 1. The highest BCUT2D eigenvalue weighted by Crippen LogP contribution is 2.27. The van der Waals surface area contributed by atoms with Crippen LogP contribution in [0.3, 0.4) is 0 Å². The van der Waals surface area contributed by atoms with Gasteiger partial charge in [-0.2, -0.15) is 0 Å². The summed E-state index contributed by atoms with van der Waals surface area (Å²) >= 11 is 5.98. The minimum atomic E-state index is -0.874. The van der Waals surface area contributed by atoms with Gasteiger partial charge in [-0.25, -0.2) is 22.9 Å². The molecule has 2 heterocycles. The molecule has 0 unspecified atom stereocenters. The number of amides is 2. The Morgan fingerprint density at radius 2 is 1.87 bits per heavy atom. The van der Waals surface area contributed by atoms with E-state index in [1.165, 1.54) is 30.5 Å². The molecule has 0 spiro atoms. The van der Waals surface area contributed by atoms with Crippen molar-refractivity contribution >= 4 is 34.4 Å². The lowest BCUT2D eigenvalue weighted by Crippen LogP contribution is -2.28. The zero-order valence-corrected chi connectivity index (χ0v) is 16.7. The molecule has 0 saturated carbocycles. The SMILES string of the molecule is O=C(NCc1ccc(F)cc1)Nc1ccc(F)c(Cc2c[nH]c3ncc(Cl)cc23)c1F. The third kappa shape index (κ3) is 4.64. The normalized spacial score (nSPS) is 11.0. The number of urea groups is 1. The average molecular weight is 445 g/mol. The highest BCUT2D eigenvalue weighted by Gasteiger charge is 2.18. The van der Waals surface area contributed by atoms with Crippen LogP contribution >= 0.6 is 11.6 Å². The number of fused-ring (bicyclic) bond motifs is 1. The molecule has 0 bridgehead atoms. The molecule has 0 fully saturated rings. The number of pyridine rings is 1. The first kappa shape index (κ1) is 20.7. The summed E-state index contributed by atoms with van der Waals surface area (Å²) in [5.41, 5.74) is 1.47. The molecule has 2 aromatic carbocycles. The Bertz CT molecular complexity index is 1260. The van der Waals surface area contributed by atoms with Crippen LogP contribution in [0.4, 0.5) is 23.7 Å². The van der Waals surface area contributed by atoms with Gasteiger partial charge in [0.05, 0.1) is 10.7 Å². The van der Waals surface area contributed by atoms with Crippen molar-refractivity contribution in [2.75, 3.05) is 5.32 Å². The van der Waals surface area contributed by atoms with Crippen LogP contribution in [0.2, 0.25) is 5.02 Å². The zero-order chi connectivity index (χ0) is 22.0. The molecule has 0 atom stereocenters. The van der Waals surface area contributed by atoms with Crippen molar-refractivity contribution in [3.63, 3.8) is 0 Å². The summed E-state index contributed by atoms with van der Waals surface area (Å²) in [5.74, 6) is -2.00. The lowest BCUT2D eigenvalue weighted by Gasteiger charge is -2.12. The van der Waals surface area contributed by atoms with Gasteiger partial charge in [0.1, 0.15) is 17.3 Å². The smallest absolute Gasteiger partial charge is 0.319 e. The molecule has 4 rings (SSSR count). The molecule has 31 heavy (non-hydrogen) atoms. The molecule has 2 aromatic heterocycles.